The third kappa shape index (κ3) is 2.26. The van der Waals surface area contributed by atoms with Gasteiger partial charge in [0.1, 0.15) is 0 Å². The second kappa shape index (κ2) is 4.46. The molecule has 0 saturated carbocycles. The number of nitrogens with zero attached hydrogens (tertiary/aromatic N) is 1. The lowest BCUT2D eigenvalue weighted by Crippen LogP contribution is -2.22. The summed E-state index contributed by atoms with van der Waals surface area (Å²) in [7, 11) is 5.45. The van der Waals surface area contributed by atoms with Crippen LogP contribution in [0.15, 0.2) is 22.7 Å². The Bertz CT molecular complexity index is 350. The molecule has 0 heterocycles. The molecule has 0 saturated heterocycles. The lowest BCUT2D eigenvalue weighted by Gasteiger charge is -2.16. The quantitative estimate of drug-likeness (QED) is 0.877. The number of amides is 1. The maximum atomic E-state index is 11.5. The standard InChI is InChI=1S/C10H13BrN2O/c1-12-10(14)8-5-4-7(11)6-9(8)13(2)3/h4-6H,1-3H3,(H,12,14). The number of halogens is 1. The van der Waals surface area contributed by atoms with E-state index in [4.69, 9.17) is 0 Å². The molecular weight excluding hydrogens is 244 g/mol. The molecule has 0 unspecified atom stereocenters. The molecule has 0 spiro atoms. The Morgan fingerprint density at radius 1 is 1.43 bits per heavy atom. The highest BCUT2D eigenvalue weighted by Gasteiger charge is 2.11. The van der Waals surface area contributed by atoms with E-state index in [1.165, 1.54) is 0 Å². The summed E-state index contributed by atoms with van der Waals surface area (Å²) in [6, 6.07) is 5.58. The van der Waals surface area contributed by atoms with Crippen molar-refractivity contribution in [3.63, 3.8) is 0 Å². The van der Waals surface area contributed by atoms with Gasteiger partial charge < -0.3 is 10.2 Å². The molecule has 0 aromatic heterocycles. The Morgan fingerprint density at radius 3 is 2.57 bits per heavy atom. The average Bonchev–Trinajstić information content (AvgIpc) is 2.16. The Kier molecular flexibility index (Phi) is 3.52. The molecule has 1 amide bonds. The van der Waals surface area contributed by atoms with Crippen molar-refractivity contribution in [2.24, 2.45) is 0 Å². The highest BCUT2D eigenvalue weighted by atomic mass is 79.9. The Balaban J connectivity index is 3.21. The largest absolute Gasteiger partial charge is 0.377 e. The number of carbonyl (C=O) groups is 1. The zero-order valence-electron chi connectivity index (χ0n) is 8.47. The van der Waals surface area contributed by atoms with E-state index in [9.17, 15) is 4.79 Å². The van der Waals surface area contributed by atoms with Crippen LogP contribution in [0, 0.1) is 0 Å². The van der Waals surface area contributed by atoms with Gasteiger partial charge in [-0.25, -0.2) is 0 Å². The van der Waals surface area contributed by atoms with Crippen LogP contribution in [0.1, 0.15) is 10.4 Å². The molecule has 0 bridgehead atoms. The zero-order valence-corrected chi connectivity index (χ0v) is 10.1. The first-order chi connectivity index (χ1) is 6.56. The number of nitrogens with one attached hydrogen (secondary N) is 1. The van der Waals surface area contributed by atoms with E-state index in [1.807, 2.05) is 31.1 Å². The van der Waals surface area contributed by atoms with Crippen molar-refractivity contribution in [3.05, 3.63) is 28.2 Å². The Morgan fingerprint density at radius 2 is 2.07 bits per heavy atom. The average molecular weight is 257 g/mol. The predicted molar refractivity (Wildman–Crippen MR) is 61.9 cm³/mol. The number of rotatable bonds is 2. The van der Waals surface area contributed by atoms with Crippen LogP contribution in [0.5, 0.6) is 0 Å². The summed E-state index contributed by atoms with van der Waals surface area (Å²) in [5.74, 6) is -0.0683. The smallest absolute Gasteiger partial charge is 0.253 e. The van der Waals surface area contributed by atoms with Gasteiger partial charge in [-0.1, -0.05) is 15.9 Å². The van der Waals surface area contributed by atoms with Crippen molar-refractivity contribution in [2.45, 2.75) is 0 Å². The molecule has 1 aromatic rings. The van der Waals surface area contributed by atoms with Crippen molar-refractivity contribution in [3.8, 4) is 0 Å². The van der Waals surface area contributed by atoms with Gasteiger partial charge in [0, 0.05) is 25.6 Å². The Hall–Kier alpha value is -1.03. The first-order valence-corrected chi connectivity index (χ1v) is 5.04. The fraction of sp³-hybridized carbons (Fsp3) is 0.300. The summed E-state index contributed by atoms with van der Waals surface area (Å²) in [4.78, 5) is 13.4. The van der Waals surface area contributed by atoms with E-state index < -0.39 is 0 Å². The van der Waals surface area contributed by atoms with Gasteiger partial charge in [-0.2, -0.15) is 0 Å². The van der Waals surface area contributed by atoms with Gasteiger partial charge in [0.15, 0.2) is 0 Å². The lowest BCUT2D eigenvalue weighted by atomic mass is 10.1. The normalized spacial score (nSPS) is 9.71. The molecule has 0 atom stereocenters. The van der Waals surface area contributed by atoms with E-state index >= 15 is 0 Å². The van der Waals surface area contributed by atoms with Crippen molar-refractivity contribution in [1.82, 2.24) is 5.32 Å². The number of hydrogen-bond acceptors (Lipinski definition) is 2. The van der Waals surface area contributed by atoms with Gasteiger partial charge in [0.25, 0.3) is 5.91 Å². The fourth-order valence-corrected chi connectivity index (χ4v) is 1.55. The van der Waals surface area contributed by atoms with Gasteiger partial charge in [-0.3, -0.25) is 4.79 Å². The molecule has 0 radical (unpaired) electrons. The third-order valence-corrected chi connectivity index (χ3v) is 2.41. The lowest BCUT2D eigenvalue weighted by molar-refractivity contribution is 0.0963. The molecule has 3 nitrogen and oxygen atoms in total. The van der Waals surface area contributed by atoms with Gasteiger partial charge in [0.2, 0.25) is 0 Å². The van der Waals surface area contributed by atoms with Crippen LogP contribution < -0.4 is 10.2 Å². The number of carbonyl (C=O) groups excluding carboxylic acids is 1. The highest BCUT2D eigenvalue weighted by molar-refractivity contribution is 9.10. The van der Waals surface area contributed by atoms with E-state index in [0.29, 0.717) is 5.56 Å². The number of hydrogen-bond donors (Lipinski definition) is 1. The monoisotopic (exact) mass is 256 g/mol. The number of anilines is 1. The van der Waals surface area contributed by atoms with Gasteiger partial charge in [0.05, 0.1) is 11.3 Å². The van der Waals surface area contributed by atoms with Crippen molar-refractivity contribution < 1.29 is 4.79 Å². The van der Waals surface area contributed by atoms with Crippen LogP contribution in [0.4, 0.5) is 5.69 Å². The first-order valence-electron chi connectivity index (χ1n) is 4.25. The molecule has 4 heteroatoms. The molecule has 14 heavy (non-hydrogen) atoms. The van der Waals surface area contributed by atoms with Crippen LogP contribution in [0.25, 0.3) is 0 Å². The molecule has 0 aliphatic heterocycles. The maximum Gasteiger partial charge on any atom is 0.253 e. The minimum atomic E-state index is -0.0683. The molecule has 1 rings (SSSR count). The first kappa shape index (κ1) is 11.0. The van der Waals surface area contributed by atoms with Crippen LogP contribution in [0.3, 0.4) is 0 Å². The predicted octanol–water partition coefficient (Wildman–Crippen LogP) is 1.87. The summed E-state index contributed by atoms with van der Waals surface area (Å²) in [5, 5.41) is 2.62. The summed E-state index contributed by atoms with van der Waals surface area (Å²) in [6.45, 7) is 0. The molecule has 0 fully saturated rings. The van der Waals surface area contributed by atoms with Gasteiger partial charge in [-0.15, -0.1) is 0 Å². The second-order valence-electron chi connectivity index (χ2n) is 3.14. The van der Waals surface area contributed by atoms with E-state index in [2.05, 4.69) is 21.2 Å². The van der Waals surface area contributed by atoms with E-state index in [-0.39, 0.29) is 5.91 Å². The van der Waals surface area contributed by atoms with Gasteiger partial charge >= 0.3 is 0 Å². The molecule has 1 N–H and O–H groups in total. The summed E-state index contributed by atoms with van der Waals surface area (Å²) in [5.41, 5.74) is 1.58. The zero-order chi connectivity index (χ0) is 10.7. The SMILES string of the molecule is CNC(=O)c1ccc(Br)cc1N(C)C. The molecule has 0 aliphatic carbocycles. The second-order valence-corrected chi connectivity index (χ2v) is 4.05. The summed E-state index contributed by atoms with van der Waals surface area (Å²) >= 11 is 3.38. The maximum absolute atomic E-state index is 11.5. The third-order valence-electron chi connectivity index (χ3n) is 1.91. The fourth-order valence-electron chi connectivity index (χ4n) is 1.20. The van der Waals surface area contributed by atoms with Gasteiger partial charge in [-0.05, 0) is 18.2 Å². The topological polar surface area (TPSA) is 32.3 Å². The van der Waals surface area contributed by atoms with E-state index in [1.54, 1.807) is 13.1 Å². The molecule has 1 aromatic carbocycles. The highest BCUT2D eigenvalue weighted by Crippen LogP contribution is 2.23. The van der Waals surface area contributed by atoms with Crippen LogP contribution in [-0.4, -0.2) is 27.1 Å². The minimum absolute atomic E-state index is 0.0683. The summed E-state index contributed by atoms with van der Waals surface area (Å²) in [6.07, 6.45) is 0. The Labute approximate surface area is 92.2 Å². The number of benzene rings is 1. The summed E-state index contributed by atoms with van der Waals surface area (Å²) < 4.78 is 0.967. The van der Waals surface area contributed by atoms with Crippen LogP contribution >= 0.6 is 15.9 Å². The molecule has 0 aliphatic rings. The molecule has 76 valence electrons. The molecular formula is C10H13BrN2O. The van der Waals surface area contributed by atoms with E-state index in [0.717, 1.165) is 10.2 Å². The van der Waals surface area contributed by atoms with Crippen molar-refractivity contribution in [1.29, 1.82) is 0 Å². The van der Waals surface area contributed by atoms with Crippen molar-refractivity contribution >= 4 is 27.5 Å². The van der Waals surface area contributed by atoms with Crippen LogP contribution in [0.2, 0.25) is 0 Å². The minimum Gasteiger partial charge on any atom is -0.377 e. The van der Waals surface area contributed by atoms with Crippen molar-refractivity contribution in [2.75, 3.05) is 26.0 Å². The van der Waals surface area contributed by atoms with Crippen LogP contribution in [-0.2, 0) is 0 Å².